The number of nitrogens with zero attached hydrogens (tertiary/aromatic N) is 2. The number of phenols is 1. The molecule has 0 saturated carbocycles. The Bertz CT molecular complexity index is 544. The highest BCUT2D eigenvalue weighted by Crippen LogP contribution is 2.24. The van der Waals surface area contributed by atoms with Gasteiger partial charge in [-0.05, 0) is 31.2 Å². The number of aliphatic hydroxyl groups is 1. The van der Waals surface area contributed by atoms with E-state index in [0.717, 1.165) is 6.07 Å². The summed E-state index contributed by atoms with van der Waals surface area (Å²) >= 11 is 0. The smallest absolute Gasteiger partial charge is 0.255 e. The van der Waals surface area contributed by atoms with E-state index >= 15 is 0 Å². The van der Waals surface area contributed by atoms with E-state index in [2.05, 4.69) is 10.1 Å². The lowest BCUT2D eigenvalue weighted by Crippen LogP contribution is -2.06. The Hall–Kier alpha value is -1.99. The Morgan fingerprint density at radius 3 is 2.89 bits per heavy atom. The summed E-state index contributed by atoms with van der Waals surface area (Å²) < 4.78 is 18.0. The van der Waals surface area contributed by atoms with E-state index in [4.69, 9.17) is 15.4 Å². The second-order valence-electron chi connectivity index (χ2n) is 3.72. The van der Waals surface area contributed by atoms with Crippen LogP contribution in [0.5, 0.6) is 5.75 Å². The molecule has 7 heteroatoms. The van der Waals surface area contributed by atoms with E-state index in [1.54, 1.807) is 0 Å². The van der Waals surface area contributed by atoms with Crippen LogP contribution in [-0.4, -0.2) is 26.9 Å². The molecule has 6 nitrogen and oxygen atoms in total. The molecule has 18 heavy (non-hydrogen) atoms. The van der Waals surface area contributed by atoms with Crippen LogP contribution in [0.15, 0.2) is 22.7 Å². The van der Waals surface area contributed by atoms with Gasteiger partial charge in [0.05, 0.1) is 0 Å². The van der Waals surface area contributed by atoms with Crippen molar-refractivity contribution in [2.24, 2.45) is 5.73 Å². The summed E-state index contributed by atoms with van der Waals surface area (Å²) in [5.41, 5.74) is 5.64. The number of halogens is 1. The second-order valence-corrected chi connectivity index (χ2v) is 3.72. The van der Waals surface area contributed by atoms with Crippen LogP contribution in [0.3, 0.4) is 0 Å². The number of aliphatic hydroxyl groups excluding tert-OH is 1. The fraction of sp³-hybridized carbons (Fsp3) is 0.273. The van der Waals surface area contributed by atoms with Crippen LogP contribution < -0.4 is 5.73 Å². The minimum Gasteiger partial charge on any atom is -0.505 e. The second kappa shape index (κ2) is 5.11. The van der Waals surface area contributed by atoms with Crippen molar-refractivity contribution >= 4 is 0 Å². The number of phenolic OH excluding ortho intramolecular Hbond substituents is 1. The third-order valence-corrected chi connectivity index (χ3v) is 2.37. The summed E-state index contributed by atoms with van der Waals surface area (Å²) in [6, 6.07) is 3.72. The summed E-state index contributed by atoms with van der Waals surface area (Å²) in [5, 5.41) is 22.3. The van der Waals surface area contributed by atoms with E-state index in [1.807, 2.05) is 0 Å². The molecule has 4 N–H and O–H groups in total. The molecule has 0 bridgehead atoms. The first-order valence-electron chi connectivity index (χ1n) is 5.32. The van der Waals surface area contributed by atoms with Crippen LogP contribution in [0.4, 0.5) is 4.39 Å². The van der Waals surface area contributed by atoms with E-state index in [-0.39, 0.29) is 18.3 Å². The monoisotopic (exact) mass is 253 g/mol. The molecule has 0 radical (unpaired) electrons. The molecular weight excluding hydrogens is 241 g/mol. The Labute approximate surface area is 102 Å². The Morgan fingerprint density at radius 1 is 1.44 bits per heavy atom. The van der Waals surface area contributed by atoms with Gasteiger partial charge in [-0.25, -0.2) is 4.39 Å². The molecular formula is C11H12FN3O3. The van der Waals surface area contributed by atoms with Crippen LogP contribution in [0.25, 0.3) is 11.4 Å². The zero-order valence-corrected chi connectivity index (χ0v) is 9.38. The number of nitrogens with two attached hydrogens (primary N) is 1. The van der Waals surface area contributed by atoms with Gasteiger partial charge in [-0.2, -0.15) is 4.98 Å². The molecule has 0 fully saturated rings. The highest BCUT2D eigenvalue weighted by atomic mass is 19.1. The van der Waals surface area contributed by atoms with Gasteiger partial charge in [-0.15, -0.1) is 0 Å². The maximum Gasteiger partial charge on any atom is 0.255 e. The SMILES string of the molecule is NCC[C@H](O)c1nc(-c2ccc(O)c(F)c2)no1. The Kier molecular flexibility index (Phi) is 3.54. The van der Waals surface area contributed by atoms with Crippen LogP contribution >= 0.6 is 0 Å². The zero-order valence-electron chi connectivity index (χ0n) is 9.38. The zero-order chi connectivity index (χ0) is 13.1. The van der Waals surface area contributed by atoms with E-state index in [9.17, 15) is 9.50 Å². The maximum absolute atomic E-state index is 13.1. The van der Waals surface area contributed by atoms with Gasteiger partial charge in [0.25, 0.3) is 5.89 Å². The van der Waals surface area contributed by atoms with Crippen LogP contribution in [0.1, 0.15) is 18.4 Å². The quantitative estimate of drug-likeness (QED) is 0.749. The molecule has 1 aromatic carbocycles. The highest BCUT2D eigenvalue weighted by molar-refractivity contribution is 5.55. The predicted molar refractivity (Wildman–Crippen MR) is 60.0 cm³/mol. The van der Waals surface area contributed by atoms with Gasteiger partial charge in [-0.3, -0.25) is 0 Å². The average Bonchev–Trinajstić information content (AvgIpc) is 2.82. The number of benzene rings is 1. The lowest BCUT2D eigenvalue weighted by Gasteiger charge is -2.01. The summed E-state index contributed by atoms with van der Waals surface area (Å²) in [5.74, 6) is -1.06. The van der Waals surface area contributed by atoms with Crippen molar-refractivity contribution in [1.29, 1.82) is 0 Å². The molecule has 0 spiro atoms. The molecule has 0 amide bonds. The molecule has 96 valence electrons. The van der Waals surface area contributed by atoms with Crippen molar-refractivity contribution in [1.82, 2.24) is 10.1 Å². The molecule has 0 aliphatic rings. The Morgan fingerprint density at radius 2 is 2.22 bits per heavy atom. The number of aromatic hydroxyl groups is 1. The normalized spacial score (nSPS) is 12.6. The number of hydrogen-bond donors (Lipinski definition) is 3. The maximum atomic E-state index is 13.1. The van der Waals surface area contributed by atoms with Gasteiger partial charge in [0.15, 0.2) is 11.6 Å². The van der Waals surface area contributed by atoms with Gasteiger partial charge in [-0.1, -0.05) is 5.16 Å². The summed E-state index contributed by atoms with van der Waals surface area (Å²) in [6.45, 7) is 0.284. The van der Waals surface area contributed by atoms with Gasteiger partial charge < -0.3 is 20.5 Å². The fourth-order valence-electron chi connectivity index (χ4n) is 1.42. The number of aromatic nitrogens is 2. The topological polar surface area (TPSA) is 105 Å². The summed E-state index contributed by atoms with van der Waals surface area (Å²) in [6.07, 6.45) is -0.635. The van der Waals surface area contributed by atoms with E-state index in [0.29, 0.717) is 12.0 Å². The lowest BCUT2D eigenvalue weighted by molar-refractivity contribution is 0.127. The van der Waals surface area contributed by atoms with Gasteiger partial charge >= 0.3 is 0 Å². The average molecular weight is 253 g/mol. The molecule has 0 aliphatic heterocycles. The van der Waals surface area contributed by atoms with Crippen molar-refractivity contribution in [3.8, 4) is 17.1 Å². The summed E-state index contributed by atoms with van der Waals surface area (Å²) in [7, 11) is 0. The van der Waals surface area contributed by atoms with Crippen LogP contribution in [0, 0.1) is 5.82 Å². The van der Waals surface area contributed by atoms with E-state index in [1.165, 1.54) is 12.1 Å². The highest BCUT2D eigenvalue weighted by Gasteiger charge is 2.16. The molecule has 2 rings (SSSR count). The minimum atomic E-state index is -0.932. The minimum absolute atomic E-state index is 0.0314. The van der Waals surface area contributed by atoms with Crippen molar-refractivity contribution in [2.45, 2.75) is 12.5 Å². The number of rotatable bonds is 4. The van der Waals surface area contributed by atoms with Crippen molar-refractivity contribution in [3.05, 3.63) is 29.9 Å². The molecule has 1 atom stereocenters. The van der Waals surface area contributed by atoms with E-state index < -0.39 is 17.7 Å². The standard InChI is InChI=1S/C11H12FN3O3/c12-7-5-6(1-2-8(7)16)10-14-11(18-15-10)9(17)3-4-13/h1-2,5,9,16-17H,3-4,13H2/t9-/m0/s1. The first-order chi connectivity index (χ1) is 8.61. The fourth-order valence-corrected chi connectivity index (χ4v) is 1.42. The van der Waals surface area contributed by atoms with Crippen molar-refractivity contribution < 1.29 is 19.1 Å². The largest absolute Gasteiger partial charge is 0.505 e. The molecule has 1 aromatic heterocycles. The summed E-state index contributed by atoms with van der Waals surface area (Å²) in [4.78, 5) is 3.94. The third kappa shape index (κ3) is 2.47. The molecule has 0 aliphatic carbocycles. The number of hydrogen-bond acceptors (Lipinski definition) is 6. The first kappa shape index (κ1) is 12.5. The van der Waals surface area contributed by atoms with Crippen molar-refractivity contribution in [2.75, 3.05) is 6.54 Å². The molecule has 0 unspecified atom stereocenters. The molecule has 0 saturated heterocycles. The first-order valence-corrected chi connectivity index (χ1v) is 5.32. The van der Waals surface area contributed by atoms with Crippen molar-refractivity contribution in [3.63, 3.8) is 0 Å². The van der Waals surface area contributed by atoms with Crippen LogP contribution in [0.2, 0.25) is 0 Å². The predicted octanol–water partition coefficient (Wildman–Crippen LogP) is 0.964. The molecule has 1 heterocycles. The van der Waals surface area contributed by atoms with Crippen LogP contribution in [-0.2, 0) is 0 Å². The van der Waals surface area contributed by atoms with Gasteiger partial charge in [0, 0.05) is 5.56 Å². The third-order valence-electron chi connectivity index (χ3n) is 2.37. The van der Waals surface area contributed by atoms with Gasteiger partial charge in [0.1, 0.15) is 6.10 Å². The molecule has 2 aromatic rings. The van der Waals surface area contributed by atoms with Gasteiger partial charge in [0.2, 0.25) is 5.82 Å². The lowest BCUT2D eigenvalue weighted by atomic mass is 10.2. The Balaban J connectivity index is 2.26.